The molecule has 0 fully saturated rings. The monoisotopic (exact) mass is 333 g/mol. The molecule has 0 aliphatic carbocycles. The molecule has 2 aromatic rings. The van der Waals surface area contributed by atoms with Crippen molar-refractivity contribution in [2.75, 3.05) is 6.26 Å². The number of benzene rings is 1. The van der Waals surface area contributed by atoms with E-state index in [1.807, 2.05) is 0 Å². The van der Waals surface area contributed by atoms with Crippen molar-refractivity contribution in [1.82, 2.24) is 14.7 Å². The largest absolute Gasteiger partial charge is 0.347 e. The van der Waals surface area contributed by atoms with Crippen LogP contribution in [0.2, 0.25) is 0 Å². The van der Waals surface area contributed by atoms with Gasteiger partial charge < -0.3 is 4.98 Å². The Hall–Kier alpha value is -1.78. The second kappa shape index (κ2) is 5.54. The van der Waals surface area contributed by atoms with E-state index in [0.717, 1.165) is 24.5 Å². The molecule has 0 atom stereocenters. The minimum absolute atomic E-state index is 0.120. The molecule has 0 amide bonds. The van der Waals surface area contributed by atoms with Gasteiger partial charge in [-0.3, -0.25) is 0 Å². The summed E-state index contributed by atoms with van der Waals surface area (Å²) in [4.78, 5) is 5.41. The Morgan fingerprint density at radius 3 is 2.57 bits per heavy atom. The van der Waals surface area contributed by atoms with Gasteiger partial charge >= 0.3 is 0 Å². The molecule has 0 radical (unpaired) electrons. The topological polar surface area (TPSA) is 109 Å². The highest BCUT2D eigenvalue weighted by Gasteiger charge is 2.21. The fourth-order valence-electron chi connectivity index (χ4n) is 1.55. The maximum atomic E-state index is 13.7. The van der Waals surface area contributed by atoms with Gasteiger partial charge in [0.15, 0.2) is 9.84 Å². The first-order valence-electron chi connectivity index (χ1n) is 5.67. The number of nitrogens with one attached hydrogen (secondary N) is 2. The summed E-state index contributed by atoms with van der Waals surface area (Å²) in [5.41, 5.74) is 0.484. The van der Waals surface area contributed by atoms with Gasteiger partial charge in [-0.15, -0.1) is 0 Å². The van der Waals surface area contributed by atoms with Gasteiger partial charge in [-0.1, -0.05) is 0 Å². The van der Waals surface area contributed by atoms with Crippen LogP contribution in [0.25, 0.3) is 0 Å². The zero-order chi connectivity index (χ0) is 15.7. The highest BCUT2D eigenvalue weighted by atomic mass is 32.2. The average molecular weight is 333 g/mol. The third-order valence-electron chi connectivity index (χ3n) is 2.63. The molecule has 1 heterocycles. The minimum Gasteiger partial charge on any atom is -0.347 e. The predicted molar refractivity (Wildman–Crippen MR) is 72.1 cm³/mol. The molecule has 0 aliphatic rings. The molecule has 0 saturated carbocycles. The van der Waals surface area contributed by atoms with Gasteiger partial charge in [0.05, 0.1) is 17.8 Å². The van der Waals surface area contributed by atoms with Crippen LogP contribution in [0.4, 0.5) is 4.39 Å². The van der Waals surface area contributed by atoms with Crippen molar-refractivity contribution >= 4 is 19.9 Å². The number of rotatable bonds is 5. The van der Waals surface area contributed by atoms with E-state index in [0.29, 0.717) is 5.69 Å². The number of hydrogen-bond acceptors (Lipinski definition) is 5. The number of hydrogen-bond donors (Lipinski definition) is 2. The van der Waals surface area contributed by atoms with Crippen LogP contribution in [0, 0.1) is 5.82 Å². The second-order valence-corrected chi connectivity index (χ2v) is 8.02. The Morgan fingerprint density at radius 2 is 2.00 bits per heavy atom. The Kier molecular flexibility index (Phi) is 4.12. The summed E-state index contributed by atoms with van der Waals surface area (Å²) < 4.78 is 62.8. The van der Waals surface area contributed by atoms with Gasteiger partial charge in [0.2, 0.25) is 10.0 Å². The Labute approximate surface area is 121 Å². The molecule has 2 N–H and O–H groups in total. The van der Waals surface area contributed by atoms with E-state index >= 15 is 0 Å². The number of aromatic nitrogens is 2. The summed E-state index contributed by atoms with van der Waals surface area (Å²) in [6, 6.07) is 2.61. The Morgan fingerprint density at radius 1 is 1.29 bits per heavy atom. The van der Waals surface area contributed by atoms with Crippen molar-refractivity contribution in [2.45, 2.75) is 16.3 Å². The minimum atomic E-state index is -4.19. The molecule has 2 rings (SSSR count). The van der Waals surface area contributed by atoms with Crippen LogP contribution >= 0.6 is 0 Å². The number of H-pyrrole nitrogens is 1. The normalized spacial score (nSPS) is 12.5. The zero-order valence-electron chi connectivity index (χ0n) is 10.9. The third-order valence-corrected chi connectivity index (χ3v) is 5.15. The first-order valence-corrected chi connectivity index (χ1v) is 9.04. The van der Waals surface area contributed by atoms with Crippen molar-refractivity contribution in [3.05, 3.63) is 42.2 Å². The van der Waals surface area contributed by atoms with Crippen molar-refractivity contribution in [2.24, 2.45) is 0 Å². The van der Waals surface area contributed by atoms with Gasteiger partial charge in [-0.2, -0.15) is 0 Å². The van der Waals surface area contributed by atoms with Crippen molar-refractivity contribution in [3.63, 3.8) is 0 Å². The molecule has 1 aromatic carbocycles. The maximum Gasteiger partial charge on any atom is 0.243 e. The average Bonchev–Trinajstić information content (AvgIpc) is 2.88. The summed E-state index contributed by atoms with van der Waals surface area (Å²) in [7, 11) is -7.82. The smallest absolute Gasteiger partial charge is 0.243 e. The van der Waals surface area contributed by atoms with Gasteiger partial charge in [-0.25, -0.2) is 30.9 Å². The fraction of sp³-hybridized carbons (Fsp3) is 0.182. The van der Waals surface area contributed by atoms with Gasteiger partial charge in [0.1, 0.15) is 10.7 Å². The van der Waals surface area contributed by atoms with E-state index in [1.54, 1.807) is 0 Å². The lowest BCUT2D eigenvalue weighted by Crippen LogP contribution is -2.24. The zero-order valence-corrected chi connectivity index (χ0v) is 12.5. The number of nitrogens with zero attached hydrogens (tertiary/aromatic N) is 1. The van der Waals surface area contributed by atoms with Crippen molar-refractivity contribution in [1.29, 1.82) is 0 Å². The summed E-state index contributed by atoms with van der Waals surface area (Å²) in [5, 5.41) is 0. The molecule has 0 saturated heterocycles. The summed E-state index contributed by atoms with van der Waals surface area (Å²) in [6.07, 6.45) is 3.69. The molecule has 21 heavy (non-hydrogen) atoms. The molecule has 0 bridgehead atoms. The lowest BCUT2D eigenvalue weighted by atomic mass is 10.3. The van der Waals surface area contributed by atoms with E-state index in [1.165, 1.54) is 12.5 Å². The second-order valence-electron chi connectivity index (χ2n) is 4.27. The predicted octanol–water partition coefficient (Wildman–Crippen LogP) is 0.431. The van der Waals surface area contributed by atoms with E-state index < -0.39 is 30.6 Å². The molecule has 0 unspecified atom stereocenters. The number of sulfone groups is 1. The van der Waals surface area contributed by atoms with Crippen LogP contribution in [0.15, 0.2) is 40.5 Å². The molecule has 0 aliphatic heterocycles. The third kappa shape index (κ3) is 3.65. The van der Waals surface area contributed by atoms with E-state index in [2.05, 4.69) is 14.7 Å². The fourth-order valence-corrected chi connectivity index (χ4v) is 3.38. The summed E-state index contributed by atoms with van der Waals surface area (Å²) >= 11 is 0. The van der Waals surface area contributed by atoms with Gasteiger partial charge in [0, 0.05) is 18.1 Å². The molecule has 114 valence electrons. The van der Waals surface area contributed by atoms with Crippen LogP contribution < -0.4 is 4.72 Å². The molecule has 1 aromatic heterocycles. The Balaban J connectivity index is 2.35. The van der Waals surface area contributed by atoms with Crippen LogP contribution in [0.3, 0.4) is 0 Å². The Bertz CT molecular complexity index is 846. The number of imidazole rings is 1. The highest BCUT2D eigenvalue weighted by molar-refractivity contribution is 7.91. The van der Waals surface area contributed by atoms with Crippen LogP contribution in [-0.2, 0) is 26.4 Å². The number of halogens is 1. The maximum absolute atomic E-state index is 13.7. The van der Waals surface area contributed by atoms with Crippen molar-refractivity contribution in [3.8, 4) is 0 Å². The van der Waals surface area contributed by atoms with Gasteiger partial charge in [0.25, 0.3) is 0 Å². The van der Waals surface area contributed by atoms with Gasteiger partial charge in [-0.05, 0) is 18.2 Å². The summed E-state index contributed by atoms with van der Waals surface area (Å²) in [6.45, 7) is -0.120. The van der Waals surface area contributed by atoms with Crippen LogP contribution in [0.5, 0.6) is 0 Å². The number of sulfonamides is 1. The number of aromatic amines is 1. The van der Waals surface area contributed by atoms with E-state index in [-0.39, 0.29) is 11.4 Å². The first kappa shape index (κ1) is 15.6. The molecular weight excluding hydrogens is 321 g/mol. The quantitative estimate of drug-likeness (QED) is 0.771. The van der Waals surface area contributed by atoms with Crippen LogP contribution in [-0.4, -0.2) is 33.1 Å². The molecule has 10 heteroatoms. The molecule has 0 spiro atoms. The highest BCUT2D eigenvalue weighted by Crippen LogP contribution is 2.19. The van der Waals surface area contributed by atoms with E-state index in [4.69, 9.17) is 0 Å². The lowest BCUT2D eigenvalue weighted by molar-refractivity contribution is 0.554. The summed E-state index contributed by atoms with van der Waals surface area (Å²) in [5.74, 6) is -1.03. The van der Waals surface area contributed by atoms with Crippen molar-refractivity contribution < 1.29 is 21.2 Å². The van der Waals surface area contributed by atoms with Crippen LogP contribution in [0.1, 0.15) is 5.69 Å². The first-order chi connectivity index (χ1) is 9.70. The van der Waals surface area contributed by atoms with E-state index in [9.17, 15) is 21.2 Å². The SMILES string of the molecule is CS(=O)(=O)c1ccc(F)c(S(=O)(=O)NCc2cnc[nH]2)c1. The standard InChI is InChI=1S/C11H12FN3O4S2/c1-20(16,17)9-2-3-10(12)11(4-9)21(18,19)15-6-8-5-13-7-14-8/h2-5,7,15H,6H2,1H3,(H,13,14). The molecular formula is C11H12FN3O4S2. The lowest BCUT2D eigenvalue weighted by Gasteiger charge is -2.08. The molecule has 7 nitrogen and oxygen atoms in total.